The number of hydrogen-bond acceptors (Lipinski definition) is 8. The quantitative estimate of drug-likeness (QED) is 0.478. The smallest absolute Gasteiger partial charge is 0.319 e. The number of aromatic nitrogens is 2. The zero-order chi connectivity index (χ0) is 24.3. The SMILES string of the molecule is CC(C)(N)CNC(=O)Nc1ccc(-c2nc(N3CCOCC3)cc(C3(CS(=O)[O-])CC3)n2)cc1. The van der Waals surface area contributed by atoms with Crippen molar-refractivity contribution in [1.29, 1.82) is 0 Å². The minimum Gasteiger partial charge on any atom is -0.772 e. The van der Waals surface area contributed by atoms with E-state index >= 15 is 0 Å². The number of ether oxygens (including phenoxy) is 1. The van der Waals surface area contributed by atoms with E-state index in [9.17, 15) is 13.6 Å². The van der Waals surface area contributed by atoms with Crippen LogP contribution in [-0.2, 0) is 21.2 Å². The predicted octanol–water partition coefficient (Wildman–Crippen LogP) is 1.75. The van der Waals surface area contributed by atoms with E-state index in [-0.39, 0.29) is 11.8 Å². The van der Waals surface area contributed by atoms with Crippen LogP contribution in [0.25, 0.3) is 11.4 Å². The first-order chi connectivity index (χ1) is 16.1. The molecule has 10 nitrogen and oxygen atoms in total. The molecule has 1 aliphatic carbocycles. The summed E-state index contributed by atoms with van der Waals surface area (Å²) in [4.78, 5) is 23.8. The van der Waals surface area contributed by atoms with E-state index in [2.05, 4.69) is 15.5 Å². The Morgan fingerprint density at radius 2 is 1.91 bits per heavy atom. The van der Waals surface area contributed by atoms with Crippen molar-refractivity contribution in [3.05, 3.63) is 36.0 Å². The standard InChI is InChI=1S/C23H32N6O4S/c1-22(2,24)14-25-21(30)26-17-5-3-16(4-6-17)20-27-18(23(7-8-23)15-34(31)32)13-19(28-20)29-9-11-33-12-10-29/h3-6,13H,7-12,14-15,24H2,1-2H3,(H,31,32)(H2,25,26,30)/p-1. The molecule has 2 amide bonds. The van der Waals surface area contributed by atoms with Crippen LogP contribution in [-0.4, -0.2) is 68.9 Å². The first-order valence-corrected chi connectivity index (χ1v) is 12.6. The highest BCUT2D eigenvalue weighted by Gasteiger charge is 2.46. The third-order valence-electron chi connectivity index (χ3n) is 5.94. The summed E-state index contributed by atoms with van der Waals surface area (Å²) in [5.41, 5.74) is 7.12. The maximum Gasteiger partial charge on any atom is 0.319 e. The number of nitrogens with zero attached hydrogens (tertiary/aromatic N) is 3. The first kappa shape index (κ1) is 24.5. The number of amides is 2. The lowest BCUT2D eigenvalue weighted by atomic mass is 10.0. The van der Waals surface area contributed by atoms with Gasteiger partial charge in [0.1, 0.15) is 5.82 Å². The van der Waals surface area contributed by atoms with E-state index < -0.39 is 22.0 Å². The number of nitrogens with one attached hydrogen (secondary N) is 2. The molecule has 11 heteroatoms. The molecule has 1 aliphatic heterocycles. The summed E-state index contributed by atoms with van der Waals surface area (Å²) >= 11 is -2.15. The fourth-order valence-corrected chi connectivity index (χ4v) is 4.71. The summed E-state index contributed by atoms with van der Waals surface area (Å²) in [6.45, 7) is 6.69. The van der Waals surface area contributed by atoms with Gasteiger partial charge in [0.15, 0.2) is 5.82 Å². The Bertz CT molecular complexity index is 1050. The van der Waals surface area contributed by atoms with Gasteiger partial charge >= 0.3 is 6.03 Å². The summed E-state index contributed by atoms with van der Waals surface area (Å²) < 4.78 is 28.4. The molecule has 2 aromatic rings. The van der Waals surface area contributed by atoms with Gasteiger partial charge in [0.25, 0.3) is 0 Å². The zero-order valence-electron chi connectivity index (χ0n) is 19.5. The highest BCUT2D eigenvalue weighted by molar-refractivity contribution is 7.79. The van der Waals surface area contributed by atoms with Crippen molar-refractivity contribution in [3.8, 4) is 11.4 Å². The number of anilines is 2. The number of morpholine rings is 1. The van der Waals surface area contributed by atoms with Crippen LogP contribution < -0.4 is 21.3 Å². The van der Waals surface area contributed by atoms with Crippen LogP contribution in [0.15, 0.2) is 30.3 Å². The third kappa shape index (κ3) is 6.29. The van der Waals surface area contributed by atoms with Crippen molar-refractivity contribution in [2.24, 2.45) is 5.73 Å². The molecule has 2 aliphatic rings. The van der Waals surface area contributed by atoms with E-state index in [0.29, 0.717) is 44.4 Å². The molecule has 1 unspecified atom stereocenters. The van der Waals surface area contributed by atoms with Crippen LogP contribution >= 0.6 is 0 Å². The fourth-order valence-electron chi connectivity index (χ4n) is 3.83. The lowest BCUT2D eigenvalue weighted by molar-refractivity contribution is 0.122. The highest BCUT2D eigenvalue weighted by Crippen LogP contribution is 2.48. The monoisotopic (exact) mass is 487 g/mol. The molecular formula is C23H31N6O4S-. The minimum atomic E-state index is -2.15. The topological polar surface area (TPSA) is 146 Å². The van der Waals surface area contributed by atoms with Crippen molar-refractivity contribution < 1.29 is 18.3 Å². The van der Waals surface area contributed by atoms with Gasteiger partial charge in [-0.25, -0.2) is 14.8 Å². The van der Waals surface area contributed by atoms with E-state index in [4.69, 9.17) is 20.4 Å². The highest BCUT2D eigenvalue weighted by atomic mass is 32.2. The van der Waals surface area contributed by atoms with E-state index in [0.717, 1.165) is 29.9 Å². The molecule has 1 atom stereocenters. The number of carbonyl (C=O) groups is 1. The molecule has 1 saturated carbocycles. The second-order valence-electron chi connectivity index (χ2n) is 9.64. The van der Waals surface area contributed by atoms with Gasteiger partial charge in [0, 0.05) is 53.7 Å². The Kier molecular flexibility index (Phi) is 7.17. The summed E-state index contributed by atoms with van der Waals surface area (Å²) in [6, 6.07) is 8.85. The second kappa shape index (κ2) is 9.95. The Balaban J connectivity index is 1.57. The van der Waals surface area contributed by atoms with Gasteiger partial charge in [-0.2, -0.15) is 0 Å². The van der Waals surface area contributed by atoms with Crippen molar-refractivity contribution in [2.45, 2.75) is 37.6 Å². The molecular weight excluding hydrogens is 456 g/mol. The minimum absolute atomic E-state index is 0.0591. The molecule has 1 aromatic heterocycles. The summed E-state index contributed by atoms with van der Waals surface area (Å²) in [5.74, 6) is 1.36. The predicted molar refractivity (Wildman–Crippen MR) is 130 cm³/mol. The first-order valence-electron chi connectivity index (χ1n) is 11.4. The number of carbonyl (C=O) groups excluding carboxylic acids is 1. The molecule has 2 heterocycles. The largest absolute Gasteiger partial charge is 0.772 e. The van der Waals surface area contributed by atoms with Crippen molar-refractivity contribution in [3.63, 3.8) is 0 Å². The molecule has 2 fully saturated rings. The van der Waals surface area contributed by atoms with Crippen LogP contribution in [0.2, 0.25) is 0 Å². The van der Waals surface area contributed by atoms with Crippen LogP contribution in [0.1, 0.15) is 32.4 Å². The average Bonchev–Trinajstić information content (AvgIpc) is 3.58. The van der Waals surface area contributed by atoms with Crippen molar-refractivity contribution >= 4 is 28.6 Å². The Hall–Kier alpha value is -2.60. The van der Waals surface area contributed by atoms with Gasteiger partial charge in [0.2, 0.25) is 0 Å². The van der Waals surface area contributed by atoms with Gasteiger partial charge in [-0.3, -0.25) is 4.21 Å². The Morgan fingerprint density at radius 1 is 1.24 bits per heavy atom. The molecule has 0 spiro atoms. The molecule has 184 valence electrons. The molecule has 1 aromatic carbocycles. The number of hydrogen-bond donors (Lipinski definition) is 3. The van der Waals surface area contributed by atoms with Gasteiger partial charge < -0.3 is 30.6 Å². The lowest BCUT2D eigenvalue weighted by Crippen LogP contribution is -2.46. The van der Waals surface area contributed by atoms with Crippen LogP contribution in [0.5, 0.6) is 0 Å². The third-order valence-corrected chi connectivity index (χ3v) is 6.73. The van der Waals surface area contributed by atoms with E-state index in [1.165, 1.54) is 0 Å². The molecule has 0 bridgehead atoms. The van der Waals surface area contributed by atoms with Crippen LogP contribution in [0.4, 0.5) is 16.3 Å². The summed E-state index contributed by atoms with van der Waals surface area (Å²) in [5, 5.41) is 5.53. The van der Waals surface area contributed by atoms with Gasteiger partial charge in [-0.05, 0) is 51.0 Å². The van der Waals surface area contributed by atoms with Crippen LogP contribution in [0.3, 0.4) is 0 Å². The average molecular weight is 488 g/mol. The van der Waals surface area contributed by atoms with E-state index in [1.54, 1.807) is 12.1 Å². The number of nitrogens with two attached hydrogens (primary N) is 1. The zero-order valence-corrected chi connectivity index (χ0v) is 20.3. The normalized spacial score (nSPS) is 18.3. The van der Waals surface area contributed by atoms with Gasteiger partial charge in [-0.1, -0.05) is 11.1 Å². The van der Waals surface area contributed by atoms with E-state index in [1.807, 2.05) is 32.0 Å². The Labute approximate surface area is 202 Å². The number of benzene rings is 1. The summed E-state index contributed by atoms with van der Waals surface area (Å²) in [7, 11) is 0. The number of urea groups is 1. The fraction of sp³-hybridized carbons (Fsp3) is 0.522. The van der Waals surface area contributed by atoms with Gasteiger partial charge in [-0.15, -0.1) is 0 Å². The second-order valence-corrected chi connectivity index (χ2v) is 10.5. The molecule has 0 radical (unpaired) electrons. The van der Waals surface area contributed by atoms with Crippen molar-refractivity contribution in [1.82, 2.24) is 15.3 Å². The maximum atomic E-state index is 12.1. The lowest BCUT2D eigenvalue weighted by Gasteiger charge is -2.29. The van der Waals surface area contributed by atoms with Gasteiger partial charge in [0.05, 0.1) is 18.9 Å². The molecule has 4 rings (SSSR count). The molecule has 1 saturated heterocycles. The summed E-state index contributed by atoms with van der Waals surface area (Å²) in [6.07, 6.45) is 1.58. The van der Waals surface area contributed by atoms with Crippen molar-refractivity contribution in [2.75, 3.05) is 48.8 Å². The maximum absolute atomic E-state index is 12.1. The number of rotatable bonds is 8. The molecule has 34 heavy (non-hydrogen) atoms. The van der Waals surface area contributed by atoms with Crippen LogP contribution in [0, 0.1) is 0 Å². The Morgan fingerprint density at radius 3 is 2.50 bits per heavy atom. The molecule has 4 N–H and O–H groups in total.